The minimum atomic E-state index is 0.238. The zero-order chi connectivity index (χ0) is 16.8. The Morgan fingerprint density at radius 2 is 2.04 bits per heavy atom. The Balaban J connectivity index is 1.34. The molecule has 1 saturated carbocycles. The first-order valence-corrected chi connectivity index (χ1v) is 10.3. The van der Waals surface area contributed by atoms with Crippen molar-refractivity contribution < 1.29 is 4.79 Å². The maximum Gasteiger partial charge on any atom is 0.270 e. The van der Waals surface area contributed by atoms with Gasteiger partial charge < -0.3 is 9.47 Å². The monoisotopic (exact) mass is 356 g/mol. The molecule has 5 heterocycles. The van der Waals surface area contributed by atoms with Crippen LogP contribution in [0.25, 0.3) is 0 Å². The minimum Gasteiger partial charge on any atom is -0.340 e. The largest absolute Gasteiger partial charge is 0.340 e. The van der Waals surface area contributed by atoms with Gasteiger partial charge in [-0.25, -0.2) is 4.98 Å². The van der Waals surface area contributed by atoms with Gasteiger partial charge in [0.25, 0.3) is 5.91 Å². The molecule has 3 aliphatic heterocycles. The smallest absolute Gasteiger partial charge is 0.270 e. The zero-order valence-electron chi connectivity index (χ0n) is 14.4. The van der Waals surface area contributed by atoms with E-state index >= 15 is 0 Å². The van der Waals surface area contributed by atoms with Crippen LogP contribution in [0.4, 0.5) is 0 Å². The number of carbonyl (C=O) groups excluding carboxylic acids is 1. The van der Waals surface area contributed by atoms with Crippen molar-refractivity contribution in [3.63, 3.8) is 0 Å². The standard InChI is InChI=1S/C19H24N4OS/c24-19(18-2-1-7-22(18)16-5-6-16)23-9-14-3-4-17(23)11-21(8-14)10-15-12-25-13-20-15/h1-2,7,12-14,16-17H,3-6,8-11H2/t14-,17+/m0/s1. The number of thiazole rings is 1. The SMILES string of the molecule is O=C(c1cccn1C1CC1)N1C[C@H]2CC[C@@H]1CN(Cc1cscn1)C2. The number of hydrogen-bond acceptors (Lipinski definition) is 4. The van der Waals surface area contributed by atoms with E-state index in [9.17, 15) is 4.79 Å². The third kappa shape index (κ3) is 3.02. The lowest BCUT2D eigenvalue weighted by Gasteiger charge is -2.36. The fraction of sp³-hybridized carbons (Fsp3) is 0.579. The number of amides is 1. The van der Waals surface area contributed by atoms with Gasteiger partial charge in [-0.05, 0) is 43.7 Å². The van der Waals surface area contributed by atoms with Gasteiger partial charge in [0.2, 0.25) is 0 Å². The van der Waals surface area contributed by atoms with Gasteiger partial charge in [0.05, 0.1) is 11.2 Å². The van der Waals surface area contributed by atoms with Crippen molar-refractivity contribution in [2.45, 2.75) is 44.3 Å². The summed E-state index contributed by atoms with van der Waals surface area (Å²) in [6, 6.07) is 4.93. The highest BCUT2D eigenvalue weighted by atomic mass is 32.1. The Hall–Kier alpha value is -1.66. The highest BCUT2D eigenvalue weighted by Crippen LogP contribution is 2.37. The van der Waals surface area contributed by atoms with Crippen LogP contribution in [0.5, 0.6) is 0 Å². The van der Waals surface area contributed by atoms with E-state index in [0.717, 1.165) is 44.0 Å². The number of hydrogen-bond donors (Lipinski definition) is 0. The lowest BCUT2D eigenvalue weighted by Crippen LogP contribution is -2.47. The van der Waals surface area contributed by atoms with Crippen LogP contribution >= 0.6 is 11.3 Å². The second-order valence-corrected chi connectivity index (χ2v) is 8.48. The highest BCUT2D eigenvalue weighted by molar-refractivity contribution is 7.07. The number of rotatable bonds is 4. The van der Waals surface area contributed by atoms with Crippen LogP contribution in [0.1, 0.15) is 47.9 Å². The average Bonchev–Trinajstić information content (AvgIpc) is 3.23. The summed E-state index contributed by atoms with van der Waals surface area (Å²) < 4.78 is 2.20. The van der Waals surface area contributed by atoms with Gasteiger partial charge in [0.1, 0.15) is 5.69 Å². The first-order chi connectivity index (χ1) is 12.3. The molecule has 0 radical (unpaired) electrons. The van der Waals surface area contributed by atoms with E-state index in [1.54, 1.807) is 11.3 Å². The normalized spacial score (nSPS) is 26.8. The molecular weight excluding hydrogens is 332 g/mol. The Morgan fingerprint density at radius 1 is 1.16 bits per heavy atom. The molecule has 6 rings (SSSR count). The summed E-state index contributed by atoms with van der Waals surface area (Å²) in [5.41, 5.74) is 3.96. The van der Waals surface area contributed by atoms with Gasteiger partial charge in [-0.3, -0.25) is 9.69 Å². The van der Waals surface area contributed by atoms with Crippen LogP contribution in [0, 0.1) is 5.92 Å². The molecule has 0 unspecified atom stereocenters. The van der Waals surface area contributed by atoms with Crippen LogP contribution in [0.3, 0.4) is 0 Å². The Kier molecular flexibility index (Phi) is 3.90. The molecule has 1 amide bonds. The fourth-order valence-electron chi connectivity index (χ4n) is 4.49. The van der Waals surface area contributed by atoms with E-state index in [0.29, 0.717) is 18.0 Å². The first kappa shape index (κ1) is 15.6. The third-order valence-electron chi connectivity index (χ3n) is 5.86. The predicted molar refractivity (Wildman–Crippen MR) is 97.6 cm³/mol. The fourth-order valence-corrected chi connectivity index (χ4v) is 5.04. The number of piperidine rings is 1. The molecule has 4 aliphatic rings. The summed E-state index contributed by atoms with van der Waals surface area (Å²) >= 11 is 1.66. The maximum atomic E-state index is 13.3. The van der Waals surface area contributed by atoms with Crippen LogP contribution in [0.2, 0.25) is 0 Å². The van der Waals surface area contributed by atoms with E-state index in [1.807, 2.05) is 17.6 Å². The number of nitrogens with zero attached hydrogens (tertiary/aromatic N) is 4. The predicted octanol–water partition coefficient (Wildman–Crippen LogP) is 3.02. The minimum absolute atomic E-state index is 0.238. The molecule has 5 nitrogen and oxygen atoms in total. The average molecular weight is 356 g/mol. The van der Waals surface area contributed by atoms with Crippen LogP contribution in [-0.2, 0) is 6.54 Å². The molecule has 0 spiro atoms. The molecule has 3 saturated heterocycles. The molecule has 6 heteroatoms. The summed E-state index contributed by atoms with van der Waals surface area (Å²) in [5.74, 6) is 0.827. The lowest BCUT2D eigenvalue weighted by atomic mass is 9.94. The topological polar surface area (TPSA) is 41.4 Å². The quantitative estimate of drug-likeness (QED) is 0.846. The van der Waals surface area contributed by atoms with Crippen molar-refractivity contribution in [1.82, 2.24) is 19.4 Å². The van der Waals surface area contributed by atoms with Crippen molar-refractivity contribution in [2.24, 2.45) is 5.92 Å². The van der Waals surface area contributed by atoms with Gasteiger partial charge in [0, 0.05) is 49.8 Å². The van der Waals surface area contributed by atoms with Crippen LogP contribution in [-0.4, -0.2) is 50.9 Å². The summed E-state index contributed by atoms with van der Waals surface area (Å²) in [6.45, 7) is 3.88. The Labute approximate surface area is 152 Å². The molecule has 2 aromatic rings. The van der Waals surface area contributed by atoms with Crippen molar-refractivity contribution in [2.75, 3.05) is 19.6 Å². The molecule has 2 bridgehead atoms. The van der Waals surface area contributed by atoms with Gasteiger partial charge in [-0.2, -0.15) is 0 Å². The molecule has 2 aromatic heterocycles. The highest BCUT2D eigenvalue weighted by Gasteiger charge is 2.39. The van der Waals surface area contributed by atoms with E-state index in [1.165, 1.54) is 19.3 Å². The molecule has 4 fully saturated rings. The summed E-state index contributed by atoms with van der Waals surface area (Å²) in [6.07, 6.45) is 6.88. The molecule has 25 heavy (non-hydrogen) atoms. The first-order valence-electron chi connectivity index (χ1n) is 9.35. The van der Waals surface area contributed by atoms with Crippen molar-refractivity contribution in [1.29, 1.82) is 0 Å². The van der Waals surface area contributed by atoms with Gasteiger partial charge in [-0.1, -0.05) is 0 Å². The Morgan fingerprint density at radius 3 is 2.84 bits per heavy atom. The van der Waals surface area contributed by atoms with E-state index < -0.39 is 0 Å². The number of fused-ring (bicyclic) bond motifs is 4. The second-order valence-electron chi connectivity index (χ2n) is 7.76. The van der Waals surface area contributed by atoms with Gasteiger partial charge in [0.15, 0.2) is 0 Å². The van der Waals surface area contributed by atoms with E-state index in [2.05, 4.69) is 30.9 Å². The second kappa shape index (κ2) is 6.25. The molecule has 1 aliphatic carbocycles. The van der Waals surface area contributed by atoms with Crippen molar-refractivity contribution >= 4 is 17.2 Å². The maximum absolute atomic E-state index is 13.3. The summed E-state index contributed by atoms with van der Waals surface area (Å²) in [4.78, 5) is 22.4. The molecular formula is C19H24N4OS. The Bertz CT molecular complexity index is 751. The van der Waals surface area contributed by atoms with Crippen LogP contribution < -0.4 is 0 Å². The molecule has 2 atom stereocenters. The molecule has 132 valence electrons. The molecule has 0 aromatic carbocycles. The van der Waals surface area contributed by atoms with Gasteiger partial charge in [-0.15, -0.1) is 11.3 Å². The third-order valence-corrected chi connectivity index (χ3v) is 6.49. The summed E-state index contributed by atoms with van der Waals surface area (Å²) in [5, 5.41) is 2.14. The van der Waals surface area contributed by atoms with E-state index in [-0.39, 0.29) is 5.91 Å². The zero-order valence-corrected chi connectivity index (χ0v) is 15.2. The molecule has 0 N–H and O–H groups in total. The van der Waals surface area contributed by atoms with Crippen molar-refractivity contribution in [3.8, 4) is 0 Å². The number of carbonyl (C=O) groups is 1. The van der Waals surface area contributed by atoms with Gasteiger partial charge >= 0.3 is 0 Å². The van der Waals surface area contributed by atoms with Crippen molar-refractivity contribution in [3.05, 3.63) is 40.6 Å². The lowest BCUT2D eigenvalue weighted by molar-refractivity contribution is 0.0573. The van der Waals surface area contributed by atoms with E-state index in [4.69, 9.17) is 0 Å². The van der Waals surface area contributed by atoms with Crippen LogP contribution in [0.15, 0.2) is 29.2 Å². The number of aromatic nitrogens is 2. The summed E-state index contributed by atoms with van der Waals surface area (Å²) in [7, 11) is 0.